The van der Waals surface area contributed by atoms with Gasteiger partial charge in [-0.15, -0.1) is 10.2 Å². The van der Waals surface area contributed by atoms with Crippen molar-refractivity contribution in [2.45, 2.75) is 18.8 Å². The van der Waals surface area contributed by atoms with Crippen molar-refractivity contribution in [3.05, 3.63) is 34.9 Å². The van der Waals surface area contributed by atoms with Crippen LogP contribution in [-0.2, 0) is 0 Å². The molecular formula is C13H9BrN4O. The fourth-order valence-electron chi connectivity index (χ4n) is 2.02. The summed E-state index contributed by atoms with van der Waals surface area (Å²) in [7, 11) is 0. The van der Waals surface area contributed by atoms with Crippen LogP contribution >= 0.6 is 15.9 Å². The van der Waals surface area contributed by atoms with E-state index in [1.165, 1.54) is 6.33 Å². The number of aromatic nitrogens is 4. The van der Waals surface area contributed by atoms with Crippen molar-refractivity contribution < 1.29 is 4.42 Å². The molecule has 0 unspecified atom stereocenters. The van der Waals surface area contributed by atoms with Gasteiger partial charge in [0.15, 0.2) is 0 Å². The van der Waals surface area contributed by atoms with Gasteiger partial charge in [0.2, 0.25) is 5.89 Å². The standard InChI is InChI=1S/C13H9BrN4O/c14-8-3-4-10-9(5-8)11(16-6-15-10)13-18-17-12(19-13)7-1-2-7/h3-7H,1-2H2. The van der Waals surface area contributed by atoms with E-state index < -0.39 is 0 Å². The van der Waals surface area contributed by atoms with Crippen LogP contribution in [-0.4, -0.2) is 20.2 Å². The number of hydrogen-bond donors (Lipinski definition) is 0. The second-order valence-corrected chi connectivity index (χ2v) is 5.52. The van der Waals surface area contributed by atoms with Gasteiger partial charge >= 0.3 is 0 Å². The minimum Gasteiger partial charge on any atom is -0.419 e. The molecule has 3 aromatic rings. The Hall–Kier alpha value is -1.82. The smallest absolute Gasteiger partial charge is 0.267 e. The summed E-state index contributed by atoms with van der Waals surface area (Å²) in [6, 6.07) is 5.84. The summed E-state index contributed by atoms with van der Waals surface area (Å²) in [6.45, 7) is 0. The van der Waals surface area contributed by atoms with Gasteiger partial charge in [0.25, 0.3) is 5.89 Å². The molecule has 0 atom stereocenters. The molecule has 1 aliphatic rings. The van der Waals surface area contributed by atoms with Gasteiger partial charge in [0.1, 0.15) is 12.0 Å². The van der Waals surface area contributed by atoms with E-state index in [4.69, 9.17) is 4.42 Å². The summed E-state index contributed by atoms with van der Waals surface area (Å²) in [5.74, 6) is 1.63. The van der Waals surface area contributed by atoms with Crippen molar-refractivity contribution in [1.82, 2.24) is 20.2 Å². The topological polar surface area (TPSA) is 64.7 Å². The summed E-state index contributed by atoms with van der Waals surface area (Å²) in [6.07, 6.45) is 3.79. The first-order valence-corrected chi connectivity index (χ1v) is 6.84. The summed E-state index contributed by atoms with van der Waals surface area (Å²) in [5, 5.41) is 9.11. The van der Waals surface area contributed by atoms with Crippen molar-refractivity contribution in [3.63, 3.8) is 0 Å². The van der Waals surface area contributed by atoms with Crippen molar-refractivity contribution in [2.24, 2.45) is 0 Å². The fraction of sp³-hybridized carbons (Fsp3) is 0.231. The van der Waals surface area contributed by atoms with Gasteiger partial charge in [-0.1, -0.05) is 15.9 Å². The molecule has 0 radical (unpaired) electrons. The van der Waals surface area contributed by atoms with Crippen molar-refractivity contribution in [1.29, 1.82) is 0 Å². The lowest BCUT2D eigenvalue weighted by Crippen LogP contribution is -1.89. The molecule has 2 heterocycles. The van der Waals surface area contributed by atoms with Crippen LogP contribution in [0.4, 0.5) is 0 Å². The third kappa shape index (κ3) is 1.92. The second kappa shape index (κ2) is 4.09. The van der Waals surface area contributed by atoms with Crippen LogP contribution in [0.5, 0.6) is 0 Å². The maximum absolute atomic E-state index is 5.71. The molecule has 1 aromatic carbocycles. The Morgan fingerprint density at radius 3 is 2.89 bits per heavy atom. The van der Waals surface area contributed by atoms with Gasteiger partial charge in [-0.2, -0.15) is 0 Å². The first kappa shape index (κ1) is 11.0. The van der Waals surface area contributed by atoms with Gasteiger partial charge in [0, 0.05) is 15.8 Å². The summed E-state index contributed by atoms with van der Waals surface area (Å²) in [5.41, 5.74) is 1.55. The summed E-state index contributed by atoms with van der Waals surface area (Å²) >= 11 is 3.46. The van der Waals surface area contributed by atoms with Gasteiger partial charge < -0.3 is 4.42 Å². The normalized spacial score (nSPS) is 15.0. The molecule has 2 aromatic heterocycles. The Morgan fingerprint density at radius 2 is 2.05 bits per heavy atom. The lowest BCUT2D eigenvalue weighted by atomic mass is 10.2. The van der Waals surface area contributed by atoms with Crippen molar-refractivity contribution in [3.8, 4) is 11.6 Å². The van der Waals surface area contributed by atoms with E-state index in [2.05, 4.69) is 36.1 Å². The zero-order valence-electron chi connectivity index (χ0n) is 9.88. The van der Waals surface area contributed by atoms with Crippen LogP contribution < -0.4 is 0 Å². The molecular weight excluding hydrogens is 308 g/mol. The number of hydrogen-bond acceptors (Lipinski definition) is 5. The quantitative estimate of drug-likeness (QED) is 0.725. The molecule has 0 amide bonds. The van der Waals surface area contributed by atoms with E-state index in [-0.39, 0.29) is 0 Å². The van der Waals surface area contributed by atoms with Crippen molar-refractivity contribution in [2.75, 3.05) is 0 Å². The number of halogens is 1. The lowest BCUT2D eigenvalue weighted by Gasteiger charge is -2.01. The predicted octanol–water partition coefficient (Wildman–Crippen LogP) is 3.32. The van der Waals surface area contributed by atoms with Crippen LogP contribution in [0.15, 0.2) is 33.4 Å². The molecule has 0 N–H and O–H groups in total. The lowest BCUT2D eigenvalue weighted by molar-refractivity contribution is 0.507. The first-order chi connectivity index (χ1) is 9.31. The summed E-state index contributed by atoms with van der Waals surface area (Å²) in [4.78, 5) is 8.52. The van der Waals surface area contributed by atoms with Gasteiger partial charge in [0.05, 0.1) is 5.52 Å². The molecule has 0 saturated heterocycles. The molecule has 1 fully saturated rings. The molecule has 5 nitrogen and oxygen atoms in total. The van der Waals surface area contributed by atoms with E-state index >= 15 is 0 Å². The SMILES string of the molecule is Brc1ccc2ncnc(-c3nnc(C4CC4)o3)c2c1. The van der Waals surface area contributed by atoms with Gasteiger partial charge in [-0.05, 0) is 31.0 Å². The van der Waals surface area contributed by atoms with Crippen LogP contribution in [0.3, 0.4) is 0 Å². The maximum Gasteiger partial charge on any atom is 0.267 e. The van der Waals surface area contributed by atoms with Gasteiger partial charge in [-0.25, -0.2) is 9.97 Å². The Balaban J connectivity index is 1.90. The minimum atomic E-state index is 0.445. The van der Waals surface area contributed by atoms with Crippen LogP contribution in [0.25, 0.3) is 22.5 Å². The molecule has 0 bridgehead atoms. The average molecular weight is 317 g/mol. The molecule has 0 aliphatic heterocycles. The largest absolute Gasteiger partial charge is 0.419 e. The molecule has 6 heteroatoms. The third-order valence-corrected chi connectivity index (χ3v) is 3.66. The molecule has 1 saturated carbocycles. The first-order valence-electron chi connectivity index (χ1n) is 6.05. The monoisotopic (exact) mass is 316 g/mol. The molecule has 1 aliphatic carbocycles. The third-order valence-electron chi connectivity index (χ3n) is 3.17. The zero-order valence-corrected chi connectivity index (χ0v) is 11.5. The minimum absolute atomic E-state index is 0.445. The van der Waals surface area contributed by atoms with Crippen LogP contribution in [0.1, 0.15) is 24.7 Å². The Kier molecular flexibility index (Phi) is 2.38. The van der Waals surface area contributed by atoms with Crippen LogP contribution in [0, 0.1) is 0 Å². The highest BCUT2D eigenvalue weighted by molar-refractivity contribution is 9.10. The summed E-state index contributed by atoms with van der Waals surface area (Å²) < 4.78 is 6.68. The maximum atomic E-state index is 5.71. The Labute approximate surface area is 117 Å². The Bertz CT molecular complexity index is 766. The number of nitrogens with zero attached hydrogens (tertiary/aromatic N) is 4. The van der Waals surface area contributed by atoms with E-state index in [1.54, 1.807) is 0 Å². The van der Waals surface area contributed by atoms with E-state index in [9.17, 15) is 0 Å². The van der Waals surface area contributed by atoms with Gasteiger partial charge in [-0.3, -0.25) is 0 Å². The van der Waals surface area contributed by atoms with Crippen molar-refractivity contribution >= 4 is 26.8 Å². The number of rotatable bonds is 2. The zero-order chi connectivity index (χ0) is 12.8. The molecule has 94 valence electrons. The number of benzene rings is 1. The van der Waals surface area contributed by atoms with E-state index in [0.29, 0.717) is 17.5 Å². The second-order valence-electron chi connectivity index (χ2n) is 4.60. The highest BCUT2D eigenvalue weighted by Gasteiger charge is 2.30. The van der Waals surface area contributed by atoms with E-state index in [0.717, 1.165) is 34.1 Å². The van der Waals surface area contributed by atoms with E-state index in [1.807, 2.05) is 18.2 Å². The fourth-order valence-corrected chi connectivity index (χ4v) is 2.39. The molecule has 4 rings (SSSR count). The average Bonchev–Trinajstić information content (AvgIpc) is 3.16. The molecule has 0 spiro atoms. The van der Waals surface area contributed by atoms with Crippen LogP contribution in [0.2, 0.25) is 0 Å². The highest BCUT2D eigenvalue weighted by Crippen LogP contribution is 2.40. The Morgan fingerprint density at radius 1 is 1.16 bits per heavy atom. The number of fused-ring (bicyclic) bond motifs is 1. The highest BCUT2D eigenvalue weighted by atomic mass is 79.9. The predicted molar refractivity (Wildman–Crippen MR) is 72.5 cm³/mol. The molecule has 19 heavy (non-hydrogen) atoms.